The van der Waals surface area contributed by atoms with Crippen LogP contribution in [0.15, 0.2) is 0 Å². The van der Waals surface area contributed by atoms with Crippen LogP contribution in [0.5, 0.6) is 0 Å². The Morgan fingerprint density at radius 2 is 1.94 bits per heavy atom. The SMILES string of the molecule is CCC1NC(=O)CN(C(C)CCC(C)C)C1=O. The Morgan fingerprint density at radius 1 is 1.29 bits per heavy atom. The third kappa shape index (κ3) is 3.72. The topological polar surface area (TPSA) is 49.4 Å². The number of hydrogen-bond donors (Lipinski definition) is 1. The van der Waals surface area contributed by atoms with Crippen molar-refractivity contribution in [2.45, 2.75) is 59.0 Å². The van der Waals surface area contributed by atoms with Crippen LogP contribution in [0, 0.1) is 5.92 Å². The molecule has 1 fully saturated rings. The number of hydrogen-bond acceptors (Lipinski definition) is 2. The van der Waals surface area contributed by atoms with E-state index in [-0.39, 0.29) is 30.4 Å². The number of amides is 2. The van der Waals surface area contributed by atoms with Gasteiger partial charge < -0.3 is 10.2 Å². The molecule has 1 N–H and O–H groups in total. The van der Waals surface area contributed by atoms with E-state index in [0.717, 1.165) is 12.8 Å². The van der Waals surface area contributed by atoms with Crippen LogP contribution in [0.3, 0.4) is 0 Å². The van der Waals surface area contributed by atoms with Crippen molar-refractivity contribution in [3.05, 3.63) is 0 Å². The van der Waals surface area contributed by atoms with Gasteiger partial charge >= 0.3 is 0 Å². The summed E-state index contributed by atoms with van der Waals surface area (Å²) in [4.78, 5) is 25.4. The monoisotopic (exact) mass is 240 g/mol. The third-order valence-corrected chi connectivity index (χ3v) is 3.33. The normalized spacial score (nSPS) is 22.9. The van der Waals surface area contributed by atoms with Gasteiger partial charge in [-0.3, -0.25) is 9.59 Å². The van der Waals surface area contributed by atoms with E-state index >= 15 is 0 Å². The third-order valence-electron chi connectivity index (χ3n) is 3.33. The first-order valence-electron chi connectivity index (χ1n) is 6.55. The van der Waals surface area contributed by atoms with Gasteiger partial charge in [0.1, 0.15) is 6.04 Å². The number of carbonyl (C=O) groups is 2. The zero-order chi connectivity index (χ0) is 13.0. The minimum Gasteiger partial charge on any atom is -0.343 e. The summed E-state index contributed by atoms with van der Waals surface area (Å²) in [6.45, 7) is 8.52. The van der Waals surface area contributed by atoms with Crippen LogP contribution in [0.1, 0.15) is 47.0 Å². The van der Waals surface area contributed by atoms with Gasteiger partial charge in [0.25, 0.3) is 0 Å². The quantitative estimate of drug-likeness (QED) is 0.792. The van der Waals surface area contributed by atoms with E-state index in [9.17, 15) is 9.59 Å². The summed E-state index contributed by atoms with van der Waals surface area (Å²) < 4.78 is 0. The molecule has 0 spiro atoms. The summed E-state index contributed by atoms with van der Waals surface area (Å²) in [5.74, 6) is 0.671. The van der Waals surface area contributed by atoms with Crippen LogP contribution in [-0.4, -0.2) is 35.3 Å². The Labute approximate surface area is 104 Å². The first kappa shape index (κ1) is 14.0. The van der Waals surface area contributed by atoms with Gasteiger partial charge in [0, 0.05) is 6.04 Å². The highest BCUT2D eigenvalue weighted by Crippen LogP contribution is 2.15. The molecule has 2 unspecified atom stereocenters. The molecule has 1 aliphatic rings. The zero-order valence-electron chi connectivity index (χ0n) is 11.3. The van der Waals surface area contributed by atoms with Crippen molar-refractivity contribution in [3.63, 3.8) is 0 Å². The first-order chi connectivity index (χ1) is 7.95. The lowest BCUT2D eigenvalue weighted by atomic mass is 10.0. The van der Waals surface area contributed by atoms with Crippen LogP contribution in [0.4, 0.5) is 0 Å². The average molecular weight is 240 g/mol. The molecule has 2 amide bonds. The highest BCUT2D eigenvalue weighted by atomic mass is 16.2. The largest absolute Gasteiger partial charge is 0.343 e. The van der Waals surface area contributed by atoms with Crippen molar-refractivity contribution >= 4 is 11.8 Å². The minimum absolute atomic E-state index is 0.0344. The summed E-state index contributed by atoms with van der Waals surface area (Å²) in [6, 6.07) is -0.164. The van der Waals surface area contributed by atoms with E-state index < -0.39 is 0 Å². The van der Waals surface area contributed by atoms with Crippen molar-refractivity contribution in [1.82, 2.24) is 10.2 Å². The molecule has 98 valence electrons. The maximum atomic E-state index is 12.1. The standard InChI is InChI=1S/C13H24N2O2/c1-5-11-13(17)15(8-12(16)14-11)10(4)7-6-9(2)3/h9-11H,5-8H2,1-4H3,(H,14,16). The van der Waals surface area contributed by atoms with Crippen molar-refractivity contribution < 1.29 is 9.59 Å². The molecular weight excluding hydrogens is 216 g/mol. The molecule has 1 saturated heterocycles. The van der Waals surface area contributed by atoms with Gasteiger partial charge in [-0.25, -0.2) is 0 Å². The lowest BCUT2D eigenvalue weighted by Gasteiger charge is -2.36. The van der Waals surface area contributed by atoms with Crippen molar-refractivity contribution in [3.8, 4) is 0 Å². The van der Waals surface area contributed by atoms with E-state index in [1.165, 1.54) is 0 Å². The van der Waals surface area contributed by atoms with Gasteiger partial charge in [-0.15, -0.1) is 0 Å². The maximum absolute atomic E-state index is 12.1. The molecule has 4 nitrogen and oxygen atoms in total. The molecular formula is C13H24N2O2. The Morgan fingerprint density at radius 3 is 2.47 bits per heavy atom. The summed E-state index contributed by atoms with van der Waals surface area (Å²) in [7, 11) is 0. The molecule has 1 aliphatic heterocycles. The molecule has 0 aromatic carbocycles. The van der Waals surface area contributed by atoms with Crippen molar-refractivity contribution in [1.29, 1.82) is 0 Å². The van der Waals surface area contributed by atoms with Gasteiger partial charge in [0.05, 0.1) is 6.54 Å². The van der Waals surface area contributed by atoms with E-state index in [1.54, 1.807) is 4.90 Å². The predicted molar refractivity (Wildman–Crippen MR) is 67.5 cm³/mol. The second-order valence-corrected chi connectivity index (χ2v) is 5.31. The van der Waals surface area contributed by atoms with Crippen LogP contribution in [0.25, 0.3) is 0 Å². The maximum Gasteiger partial charge on any atom is 0.245 e. The van der Waals surface area contributed by atoms with Crippen LogP contribution < -0.4 is 5.32 Å². The molecule has 0 saturated carbocycles. The van der Waals surface area contributed by atoms with E-state index in [2.05, 4.69) is 19.2 Å². The highest BCUT2D eigenvalue weighted by molar-refractivity contribution is 5.94. The second-order valence-electron chi connectivity index (χ2n) is 5.31. The second kappa shape index (κ2) is 6.03. The molecule has 1 rings (SSSR count). The fraction of sp³-hybridized carbons (Fsp3) is 0.846. The zero-order valence-corrected chi connectivity index (χ0v) is 11.3. The molecule has 0 radical (unpaired) electrons. The number of carbonyl (C=O) groups excluding carboxylic acids is 2. The predicted octanol–water partition coefficient (Wildman–Crippen LogP) is 1.55. The fourth-order valence-corrected chi connectivity index (χ4v) is 2.11. The van der Waals surface area contributed by atoms with Crippen molar-refractivity contribution in [2.75, 3.05) is 6.54 Å². The van der Waals surface area contributed by atoms with Gasteiger partial charge in [0.2, 0.25) is 11.8 Å². The summed E-state index contributed by atoms with van der Waals surface area (Å²) in [6.07, 6.45) is 2.72. The number of nitrogens with zero attached hydrogens (tertiary/aromatic N) is 1. The highest BCUT2D eigenvalue weighted by Gasteiger charge is 2.33. The average Bonchev–Trinajstić information content (AvgIpc) is 2.28. The van der Waals surface area contributed by atoms with Crippen LogP contribution >= 0.6 is 0 Å². The van der Waals surface area contributed by atoms with Crippen LogP contribution in [0.2, 0.25) is 0 Å². The van der Waals surface area contributed by atoms with Gasteiger partial charge in [-0.1, -0.05) is 20.8 Å². The summed E-state index contributed by atoms with van der Waals surface area (Å²) >= 11 is 0. The Kier molecular flexibility index (Phi) is 4.97. The van der Waals surface area contributed by atoms with E-state index in [4.69, 9.17) is 0 Å². The molecule has 4 heteroatoms. The van der Waals surface area contributed by atoms with E-state index in [0.29, 0.717) is 12.3 Å². The fourth-order valence-electron chi connectivity index (χ4n) is 2.11. The molecule has 0 bridgehead atoms. The lowest BCUT2D eigenvalue weighted by molar-refractivity contribution is -0.146. The molecule has 0 aliphatic carbocycles. The Hall–Kier alpha value is -1.06. The minimum atomic E-state index is -0.322. The number of piperazine rings is 1. The molecule has 2 atom stereocenters. The van der Waals surface area contributed by atoms with Gasteiger partial charge in [-0.05, 0) is 32.1 Å². The van der Waals surface area contributed by atoms with Crippen LogP contribution in [-0.2, 0) is 9.59 Å². The Balaban J connectivity index is 2.61. The number of nitrogens with one attached hydrogen (secondary N) is 1. The molecule has 1 heterocycles. The summed E-state index contributed by atoms with van der Waals surface area (Å²) in [5.41, 5.74) is 0. The van der Waals surface area contributed by atoms with Crippen molar-refractivity contribution in [2.24, 2.45) is 5.92 Å². The molecule has 0 aromatic heterocycles. The lowest BCUT2D eigenvalue weighted by Crippen LogP contribution is -2.59. The number of rotatable bonds is 5. The van der Waals surface area contributed by atoms with Gasteiger partial charge in [-0.2, -0.15) is 0 Å². The van der Waals surface area contributed by atoms with Gasteiger partial charge in [0.15, 0.2) is 0 Å². The first-order valence-corrected chi connectivity index (χ1v) is 6.55. The molecule has 17 heavy (non-hydrogen) atoms. The van der Waals surface area contributed by atoms with E-state index in [1.807, 2.05) is 13.8 Å². The smallest absolute Gasteiger partial charge is 0.245 e. The summed E-state index contributed by atoms with van der Waals surface area (Å²) in [5, 5.41) is 2.74. The molecule has 0 aromatic rings. The Bertz CT molecular complexity index is 289.